The van der Waals surface area contributed by atoms with Gasteiger partial charge in [0.1, 0.15) is 5.60 Å². The minimum absolute atomic E-state index is 0.333. The van der Waals surface area contributed by atoms with E-state index in [1.165, 1.54) is 5.69 Å². The van der Waals surface area contributed by atoms with Crippen LogP contribution >= 0.6 is 11.6 Å². The van der Waals surface area contributed by atoms with Crippen molar-refractivity contribution in [3.8, 4) is 0 Å². The van der Waals surface area contributed by atoms with Crippen LogP contribution in [0, 0.1) is 5.92 Å². The van der Waals surface area contributed by atoms with Crippen LogP contribution in [0.15, 0.2) is 24.3 Å². The Morgan fingerprint density at radius 1 is 1.36 bits per heavy atom. The van der Waals surface area contributed by atoms with Gasteiger partial charge in [-0.25, -0.2) is 4.79 Å². The molecule has 1 saturated heterocycles. The van der Waals surface area contributed by atoms with Crippen LogP contribution in [0.25, 0.3) is 0 Å². The van der Waals surface area contributed by atoms with Crippen LogP contribution in [-0.4, -0.2) is 31.3 Å². The first-order valence-electron chi connectivity index (χ1n) is 7.81. The Kier molecular flexibility index (Phi) is 5.57. The summed E-state index contributed by atoms with van der Waals surface area (Å²) < 4.78 is 5.23. The van der Waals surface area contributed by atoms with Crippen LogP contribution in [0.2, 0.25) is 5.02 Å². The number of alkyl carbamates (subject to hydrolysis) is 1. The molecule has 2 rings (SSSR count). The predicted octanol–water partition coefficient (Wildman–Crippen LogP) is 4.08. The molecule has 5 heteroatoms. The number of nitrogens with one attached hydrogen (secondary N) is 1. The minimum Gasteiger partial charge on any atom is -0.444 e. The number of anilines is 1. The molecule has 1 heterocycles. The summed E-state index contributed by atoms with van der Waals surface area (Å²) in [6.07, 6.45) is 1.79. The second kappa shape index (κ2) is 7.23. The molecule has 1 amide bonds. The number of ether oxygens (including phenoxy) is 1. The van der Waals surface area contributed by atoms with Gasteiger partial charge in [-0.15, -0.1) is 0 Å². The molecular formula is C17H25ClN2O2. The van der Waals surface area contributed by atoms with E-state index in [9.17, 15) is 4.79 Å². The molecule has 1 aromatic carbocycles. The fourth-order valence-electron chi connectivity index (χ4n) is 2.65. The number of carbonyl (C=O) groups is 1. The lowest BCUT2D eigenvalue weighted by Crippen LogP contribution is -2.33. The maximum absolute atomic E-state index is 11.6. The average molecular weight is 325 g/mol. The van der Waals surface area contributed by atoms with Gasteiger partial charge in [0.05, 0.1) is 0 Å². The lowest BCUT2D eigenvalue weighted by molar-refractivity contribution is 0.0525. The predicted molar refractivity (Wildman–Crippen MR) is 90.6 cm³/mol. The topological polar surface area (TPSA) is 41.6 Å². The van der Waals surface area contributed by atoms with Crippen molar-refractivity contribution in [3.63, 3.8) is 0 Å². The number of benzene rings is 1. The lowest BCUT2D eigenvalue weighted by Gasteiger charge is -2.20. The molecule has 0 aliphatic carbocycles. The van der Waals surface area contributed by atoms with Crippen LogP contribution < -0.4 is 10.2 Å². The summed E-state index contributed by atoms with van der Waals surface area (Å²) in [7, 11) is 0. The number of amides is 1. The molecule has 22 heavy (non-hydrogen) atoms. The molecule has 1 atom stereocenters. The second-order valence-corrected chi connectivity index (χ2v) is 7.23. The van der Waals surface area contributed by atoms with E-state index in [1.54, 1.807) is 0 Å². The first-order chi connectivity index (χ1) is 10.3. The third-order valence-electron chi connectivity index (χ3n) is 3.70. The quantitative estimate of drug-likeness (QED) is 0.907. The molecule has 1 aromatic rings. The summed E-state index contributed by atoms with van der Waals surface area (Å²) in [4.78, 5) is 14.0. The third kappa shape index (κ3) is 5.41. The number of rotatable bonds is 4. The van der Waals surface area contributed by atoms with Crippen molar-refractivity contribution in [1.29, 1.82) is 0 Å². The summed E-state index contributed by atoms with van der Waals surface area (Å²) in [5.41, 5.74) is 0.773. The highest BCUT2D eigenvalue weighted by Crippen LogP contribution is 2.26. The summed E-state index contributed by atoms with van der Waals surface area (Å²) in [5, 5.41) is 3.60. The maximum Gasteiger partial charge on any atom is 0.407 e. The monoisotopic (exact) mass is 324 g/mol. The van der Waals surface area contributed by atoms with E-state index in [2.05, 4.69) is 22.3 Å². The van der Waals surface area contributed by atoms with Crippen LogP contribution in [0.4, 0.5) is 10.5 Å². The van der Waals surface area contributed by atoms with Crippen LogP contribution in [0.5, 0.6) is 0 Å². The van der Waals surface area contributed by atoms with Gasteiger partial charge in [-0.3, -0.25) is 0 Å². The number of nitrogens with zero attached hydrogens (tertiary/aromatic N) is 1. The zero-order chi connectivity index (χ0) is 16.2. The lowest BCUT2D eigenvalue weighted by atomic mass is 10.1. The number of halogens is 1. The summed E-state index contributed by atoms with van der Waals surface area (Å²) in [5.74, 6) is 0.602. The van der Waals surface area contributed by atoms with E-state index < -0.39 is 5.60 Å². The van der Waals surface area contributed by atoms with Crippen LogP contribution in [0.1, 0.15) is 33.6 Å². The second-order valence-electron chi connectivity index (χ2n) is 6.79. The van der Waals surface area contributed by atoms with E-state index in [1.807, 2.05) is 32.9 Å². The Bertz CT molecular complexity index is 496. The SMILES string of the molecule is CC(C)(C)OC(=O)NCCC1CCN(c2ccc(Cl)cc2)C1. The highest BCUT2D eigenvalue weighted by molar-refractivity contribution is 6.30. The number of hydrogen-bond acceptors (Lipinski definition) is 3. The van der Waals surface area contributed by atoms with Crippen molar-refractivity contribution in [2.24, 2.45) is 5.92 Å². The van der Waals surface area contributed by atoms with E-state index >= 15 is 0 Å². The molecule has 0 radical (unpaired) electrons. The van der Waals surface area contributed by atoms with E-state index in [0.717, 1.165) is 31.0 Å². The van der Waals surface area contributed by atoms with Crippen LogP contribution in [-0.2, 0) is 4.74 Å². The fourth-order valence-corrected chi connectivity index (χ4v) is 2.77. The van der Waals surface area contributed by atoms with Gasteiger partial charge in [0.15, 0.2) is 0 Å². The van der Waals surface area contributed by atoms with Gasteiger partial charge in [0.25, 0.3) is 0 Å². The Hall–Kier alpha value is -1.42. The van der Waals surface area contributed by atoms with Crippen molar-refractivity contribution in [2.45, 2.75) is 39.2 Å². The van der Waals surface area contributed by atoms with Gasteiger partial charge in [0, 0.05) is 30.3 Å². The molecule has 122 valence electrons. The van der Waals surface area contributed by atoms with Crippen molar-refractivity contribution < 1.29 is 9.53 Å². The van der Waals surface area contributed by atoms with E-state index in [0.29, 0.717) is 12.5 Å². The molecule has 1 aliphatic rings. The van der Waals surface area contributed by atoms with Crippen molar-refractivity contribution in [3.05, 3.63) is 29.3 Å². The summed E-state index contributed by atoms with van der Waals surface area (Å²) >= 11 is 5.92. The molecule has 0 spiro atoms. The summed E-state index contributed by atoms with van der Waals surface area (Å²) in [6, 6.07) is 7.97. The highest BCUT2D eigenvalue weighted by Gasteiger charge is 2.23. The summed E-state index contributed by atoms with van der Waals surface area (Å²) in [6.45, 7) is 8.35. The molecule has 1 aliphatic heterocycles. The van der Waals surface area contributed by atoms with Crippen LogP contribution in [0.3, 0.4) is 0 Å². The largest absolute Gasteiger partial charge is 0.444 e. The van der Waals surface area contributed by atoms with Gasteiger partial charge in [-0.05, 0) is 63.8 Å². The molecule has 1 fully saturated rings. The standard InChI is InChI=1S/C17H25ClN2O2/c1-17(2,3)22-16(21)19-10-8-13-9-11-20(12-13)15-6-4-14(18)5-7-15/h4-7,13H,8-12H2,1-3H3,(H,19,21). The molecule has 0 bridgehead atoms. The number of hydrogen-bond donors (Lipinski definition) is 1. The van der Waals surface area contributed by atoms with Gasteiger partial charge in [-0.2, -0.15) is 0 Å². The maximum atomic E-state index is 11.6. The van der Waals surface area contributed by atoms with Gasteiger partial charge < -0.3 is 15.0 Å². The third-order valence-corrected chi connectivity index (χ3v) is 3.95. The molecule has 1 N–H and O–H groups in total. The van der Waals surface area contributed by atoms with Crippen molar-refractivity contribution in [2.75, 3.05) is 24.5 Å². The van der Waals surface area contributed by atoms with Crippen molar-refractivity contribution >= 4 is 23.4 Å². The molecule has 0 aromatic heterocycles. The van der Waals surface area contributed by atoms with Gasteiger partial charge in [-0.1, -0.05) is 11.6 Å². The smallest absolute Gasteiger partial charge is 0.407 e. The van der Waals surface area contributed by atoms with E-state index in [4.69, 9.17) is 16.3 Å². The zero-order valence-electron chi connectivity index (χ0n) is 13.6. The van der Waals surface area contributed by atoms with E-state index in [-0.39, 0.29) is 6.09 Å². The Morgan fingerprint density at radius 2 is 2.05 bits per heavy atom. The Labute approximate surface area is 137 Å². The molecule has 0 saturated carbocycles. The van der Waals surface area contributed by atoms with Crippen molar-refractivity contribution in [1.82, 2.24) is 5.32 Å². The molecule has 1 unspecified atom stereocenters. The molecular weight excluding hydrogens is 300 g/mol. The average Bonchev–Trinajstić information content (AvgIpc) is 2.86. The Balaban J connectivity index is 1.71. The van der Waals surface area contributed by atoms with Gasteiger partial charge >= 0.3 is 6.09 Å². The molecule has 4 nitrogen and oxygen atoms in total. The minimum atomic E-state index is -0.442. The van der Waals surface area contributed by atoms with Gasteiger partial charge in [0.2, 0.25) is 0 Å². The zero-order valence-corrected chi connectivity index (χ0v) is 14.3. The highest BCUT2D eigenvalue weighted by atomic mass is 35.5. The first kappa shape index (κ1) is 16.9. The first-order valence-corrected chi connectivity index (χ1v) is 8.19. The fraction of sp³-hybridized carbons (Fsp3) is 0.588. The number of carbonyl (C=O) groups excluding carboxylic acids is 1. The normalized spacial score (nSPS) is 18.4. The Morgan fingerprint density at radius 3 is 2.68 bits per heavy atom.